The van der Waals surface area contributed by atoms with Crippen LogP contribution in [0.25, 0.3) is 0 Å². The van der Waals surface area contributed by atoms with E-state index in [1.54, 1.807) is 9.80 Å². The van der Waals surface area contributed by atoms with Crippen molar-refractivity contribution in [1.82, 2.24) is 14.7 Å². The Morgan fingerprint density at radius 2 is 1.75 bits per heavy atom. The minimum atomic E-state index is -0.0566. The monoisotopic (exact) mass is 439 g/mol. The second kappa shape index (κ2) is 10.8. The number of morpholine rings is 1. The van der Waals surface area contributed by atoms with E-state index in [4.69, 9.17) is 9.15 Å². The highest BCUT2D eigenvalue weighted by Gasteiger charge is 2.35. The average molecular weight is 440 g/mol. The second-order valence-electron chi connectivity index (χ2n) is 8.74. The number of aryl methyl sites for hydroxylation is 1. The summed E-state index contributed by atoms with van der Waals surface area (Å²) in [7, 11) is 0. The fourth-order valence-electron chi connectivity index (χ4n) is 4.00. The molecule has 0 radical (unpaired) electrons. The second-order valence-corrected chi connectivity index (χ2v) is 8.74. The molecule has 1 aromatic carbocycles. The van der Waals surface area contributed by atoms with Crippen LogP contribution in [0, 0.1) is 12.8 Å². The Balaban J connectivity index is 1.44. The summed E-state index contributed by atoms with van der Waals surface area (Å²) in [6.45, 7) is 7.40. The molecule has 1 aliphatic heterocycles. The maximum atomic E-state index is 13.4. The van der Waals surface area contributed by atoms with Gasteiger partial charge in [0.25, 0.3) is 0 Å². The van der Waals surface area contributed by atoms with Gasteiger partial charge in [-0.05, 0) is 37.5 Å². The van der Waals surface area contributed by atoms with Crippen LogP contribution < -0.4 is 0 Å². The SMILES string of the molecule is Cc1ccc(CN(Cc2ccccc2)C(=O)CN(CCN2CCOCC2)C(=O)C2CC2)o1. The third-order valence-electron chi connectivity index (χ3n) is 6.07. The van der Waals surface area contributed by atoms with Crippen molar-refractivity contribution in [2.75, 3.05) is 45.9 Å². The minimum Gasteiger partial charge on any atom is -0.464 e. The molecular weight excluding hydrogens is 406 g/mol. The van der Waals surface area contributed by atoms with E-state index < -0.39 is 0 Å². The largest absolute Gasteiger partial charge is 0.464 e. The number of amides is 2. The Morgan fingerprint density at radius 1 is 1.00 bits per heavy atom. The lowest BCUT2D eigenvalue weighted by atomic mass is 10.2. The first-order chi connectivity index (χ1) is 15.6. The molecule has 1 aromatic heterocycles. The van der Waals surface area contributed by atoms with Gasteiger partial charge >= 0.3 is 0 Å². The number of rotatable bonds is 10. The zero-order chi connectivity index (χ0) is 22.3. The average Bonchev–Trinajstić information content (AvgIpc) is 3.59. The molecule has 1 saturated heterocycles. The Hall–Kier alpha value is -2.64. The van der Waals surface area contributed by atoms with Gasteiger partial charge in [-0.1, -0.05) is 30.3 Å². The van der Waals surface area contributed by atoms with Crippen LogP contribution in [0.15, 0.2) is 46.9 Å². The van der Waals surface area contributed by atoms with Gasteiger partial charge in [-0.25, -0.2) is 0 Å². The Labute approximate surface area is 189 Å². The van der Waals surface area contributed by atoms with Gasteiger partial charge in [-0.15, -0.1) is 0 Å². The van der Waals surface area contributed by atoms with Crippen LogP contribution in [-0.2, 0) is 27.4 Å². The Morgan fingerprint density at radius 3 is 2.41 bits per heavy atom. The van der Waals surface area contributed by atoms with E-state index in [1.807, 2.05) is 49.4 Å². The molecule has 1 saturated carbocycles. The fraction of sp³-hybridized carbons (Fsp3) is 0.520. The molecule has 2 heterocycles. The predicted octanol–water partition coefficient (Wildman–Crippen LogP) is 2.69. The molecule has 7 heteroatoms. The highest BCUT2D eigenvalue weighted by atomic mass is 16.5. The molecule has 0 spiro atoms. The fourth-order valence-corrected chi connectivity index (χ4v) is 4.00. The third-order valence-corrected chi connectivity index (χ3v) is 6.07. The van der Waals surface area contributed by atoms with Crippen LogP contribution in [0.5, 0.6) is 0 Å². The number of nitrogens with zero attached hydrogens (tertiary/aromatic N) is 3. The normalized spacial score (nSPS) is 16.7. The molecule has 0 atom stereocenters. The van der Waals surface area contributed by atoms with E-state index >= 15 is 0 Å². The van der Waals surface area contributed by atoms with E-state index in [1.165, 1.54) is 0 Å². The van der Waals surface area contributed by atoms with E-state index in [0.29, 0.717) is 19.6 Å². The first-order valence-corrected chi connectivity index (χ1v) is 11.5. The van der Waals surface area contributed by atoms with Crippen molar-refractivity contribution in [2.45, 2.75) is 32.9 Å². The van der Waals surface area contributed by atoms with E-state index in [0.717, 1.165) is 62.8 Å². The topological polar surface area (TPSA) is 66.2 Å². The smallest absolute Gasteiger partial charge is 0.242 e. The third kappa shape index (κ3) is 6.43. The molecule has 2 aliphatic rings. The molecule has 0 unspecified atom stereocenters. The number of hydrogen-bond acceptors (Lipinski definition) is 5. The minimum absolute atomic E-state index is 0.0566. The van der Waals surface area contributed by atoms with Gasteiger partial charge in [0.2, 0.25) is 11.8 Å². The summed E-state index contributed by atoms with van der Waals surface area (Å²) < 4.78 is 11.2. The van der Waals surface area contributed by atoms with Crippen molar-refractivity contribution >= 4 is 11.8 Å². The molecule has 2 aromatic rings. The number of carbonyl (C=O) groups is 2. The number of carbonyl (C=O) groups excluding carboxylic acids is 2. The van der Waals surface area contributed by atoms with Crippen molar-refractivity contribution < 1.29 is 18.7 Å². The summed E-state index contributed by atoms with van der Waals surface area (Å²) in [4.78, 5) is 32.2. The number of ether oxygens (including phenoxy) is 1. The molecule has 172 valence electrons. The summed E-state index contributed by atoms with van der Waals surface area (Å²) >= 11 is 0. The van der Waals surface area contributed by atoms with Gasteiger partial charge in [-0.3, -0.25) is 14.5 Å². The van der Waals surface area contributed by atoms with Gasteiger partial charge < -0.3 is 19.0 Å². The van der Waals surface area contributed by atoms with E-state index in [9.17, 15) is 9.59 Å². The Kier molecular flexibility index (Phi) is 7.60. The summed E-state index contributed by atoms with van der Waals surface area (Å²) in [5.74, 6) is 1.71. The van der Waals surface area contributed by atoms with E-state index in [-0.39, 0.29) is 24.3 Å². The van der Waals surface area contributed by atoms with Crippen LogP contribution in [0.1, 0.15) is 29.9 Å². The van der Waals surface area contributed by atoms with Crippen molar-refractivity contribution in [2.24, 2.45) is 5.92 Å². The summed E-state index contributed by atoms with van der Waals surface area (Å²) in [5, 5.41) is 0. The first-order valence-electron chi connectivity index (χ1n) is 11.5. The van der Waals surface area contributed by atoms with Gasteiger partial charge in [0.15, 0.2) is 0 Å². The van der Waals surface area contributed by atoms with Crippen molar-refractivity contribution in [3.8, 4) is 0 Å². The van der Waals surface area contributed by atoms with Crippen LogP contribution in [0.4, 0.5) is 0 Å². The summed E-state index contributed by atoms with van der Waals surface area (Å²) in [6.07, 6.45) is 1.86. The standard InChI is InChI=1S/C25H33N3O4/c1-20-7-10-23(32-20)18-28(17-21-5-3-2-4-6-21)24(29)19-27(25(30)22-8-9-22)12-11-26-13-15-31-16-14-26/h2-7,10,22H,8-9,11-19H2,1H3. The lowest BCUT2D eigenvalue weighted by molar-refractivity contribution is -0.142. The number of benzene rings is 1. The molecule has 0 bridgehead atoms. The Bertz CT molecular complexity index is 888. The molecule has 1 aliphatic carbocycles. The zero-order valence-electron chi connectivity index (χ0n) is 18.9. The van der Waals surface area contributed by atoms with Gasteiger partial charge in [0, 0.05) is 38.6 Å². The van der Waals surface area contributed by atoms with Crippen molar-refractivity contribution in [3.05, 3.63) is 59.5 Å². The van der Waals surface area contributed by atoms with Gasteiger partial charge in [0.05, 0.1) is 26.3 Å². The van der Waals surface area contributed by atoms with Crippen LogP contribution >= 0.6 is 0 Å². The maximum absolute atomic E-state index is 13.4. The zero-order valence-corrected chi connectivity index (χ0v) is 18.9. The molecule has 2 fully saturated rings. The molecule has 0 N–H and O–H groups in total. The van der Waals surface area contributed by atoms with Crippen LogP contribution in [0.2, 0.25) is 0 Å². The molecule has 4 rings (SSSR count). The number of hydrogen-bond donors (Lipinski definition) is 0. The summed E-state index contributed by atoms with van der Waals surface area (Å²) in [5.41, 5.74) is 1.05. The molecule has 2 amide bonds. The quantitative estimate of drug-likeness (QED) is 0.570. The van der Waals surface area contributed by atoms with Crippen molar-refractivity contribution in [1.29, 1.82) is 0 Å². The maximum Gasteiger partial charge on any atom is 0.242 e. The van der Waals surface area contributed by atoms with Gasteiger partial charge in [-0.2, -0.15) is 0 Å². The van der Waals surface area contributed by atoms with Crippen LogP contribution in [-0.4, -0.2) is 72.5 Å². The molecule has 32 heavy (non-hydrogen) atoms. The summed E-state index contributed by atoms with van der Waals surface area (Å²) in [6, 6.07) is 13.8. The lowest BCUT2D eigenvalue weighted by Crippen LogP contribution is -2.47. The molecular formula is C25H33N3O4. The highest BCUT2D eigenvalue weighted by Crippen LogP contribution is 2.31. The van der Waals surface area contributed by atoms with Gasteiger partial charge in [0.1, 0.15) is 11.5 Å². The van der Waals surface area contributed by atoms with E-state index in [2.05, 4.69) is 4.90 Å². The lowest BCUT2D eigenvalue weighted by Gasteiger charge is -2.31. The first kappa shape index (κ1) is 22.6. The highest BCUT2D eigenvalue weighted by molar-refractivity contribution is 5.87. The number of furan rings is 1. The van der Waals surface area contributed by atoms with Crippen molar-refractivity contribution in [3.63, 3.8) is 0 Å². The predicted molar refractivity (Wildman–Crippen MR) is 121 cm³/mol. The molecule has 7 nitrogen and oxygen atoms in total. The van der Waals surface area contributed by atoms with Crippen LogP contribution in [0.3, 0.4) is 0 Å².